The zero-order chi connectivity index (χ0) is 17.7. The van der Waals surface area contributed by atoms with Crippen LogP contribution in [-0.2, 0) is 0 Å². The fraction of sp³-hybridized carbons (Fsp3) is 0.364. The Labute approximate surface area is 146 Å². The Morgan fingerprint density at radius 2 is 1.92 bits per heavy atom. The molecule has 0 heterocycles. The Morgan fingerprint density at radius 3 is 2.50 bits per heavy atom. The molecule has 24 heavy (non-hydrogen) atoms. The van der Waals surface area contributed by atoms with Crippen molar-refractivity contribution in [3.63, 3.8) is 0 Å². The molecule has 0 saturated heterocycles. The Balaban J connectivity index is 2.33. The van der Waals surface area contributed by atoms with Crippen LogP contribution in [0.4, 0.5) is 0 Å². The molecule has 1 aromatic rings. The molecule has 1 N–H and O–H groups in total. The minimum atomic E-state index is 0.369. The summed E-state index contributed by atoms with van der Waals surface area (Å²) in [6.45, 7) is 10.6. The Bertz CT molecular complexity index is 732. The number of hydrogen-bond donors (Lipinski definition) is 1. The Kier molecular flexibility index (Phi) is 6.08. The molecule has 0 radical (unpaired) electrons. The van der Waals surface area contributed by atoms with Gasteiger partial charge in [0.2, 0.25) is 0 Å². The van der Waals surface area contributed by atoms with Gasteiger partial charge in [0.05, 0.1) is 5.71 Å². The molecule has 126 valence electrons. The van der Waals surface area contributed by atoms with Gasteiger partial charge in [0.1, 0.15) is 0 Å². The van der Waals surface area contributed by atoms with Crippen LogP contribution < -0.4 is 0 Å². The minimum Gasteiger partial charge on any atom is -0.300 e. The van der Waals surface area contributed by atoms with Crippen molar-refractivity contribution in [3.8, 4) is 0 Å². The van der Waals surface area contributed by atoms with E-state index in [4.69, 9.17) is 5.41 Å². The average molecular weight is 320 g/mol. The number of rotatable bonds is 6. The van der Waals surface area contributed by atoms with Crippen LogP contribution in [0.3, 0.4) is 0 Å². The Hall–Kier alpha value is -2.22. The summed E-state index contributed by atoms with van der Waals surface area (Å²) in [7, 11) is 1.80. The second kappa shape index (κ2) is 8.05. The highest BCUT2D eigenvalue weighted by Gasteiger charge is 2.21. The van der Waals surface area contributed by atoms with E-state index in [1.165, 1.54) is 12.0 Å². The topological polar surface area (TPSA) is 36.2 Å². The highest BCUT2D eigenvalue weighted by atomic mass is 14.7. The first-order valence-corrected chi connectivity index (χ1v) is 8.70. The summed E-state index contributed by atoms with van der Waals surface area (Å²) in [6.07, 6.45) is 7.69. The fourth-order valence-corrected chi connectivity index (χ4v) is 3.27. The summed E-state index contributed by atoms with van der Waals surface area (Å²) in [5, 5.41) is 8.68. The molecule has 2 nitrogen and oxygen atoms in total. The van der Waals surface area contributed by atoms with Crippen LogP contribution in [0, 0.1) is 11.3 Å². The predicted molar refractivity (Wildman–Crippen MR) is 106 cm³/mol. The quantitative estimate of drug-likeness (QED) is 0.638. The molecule has 1 unspecified atom stereocenters. The van der Waals surface area contributed by atoms with Crippen molar-refractivity contribution in [2.75, 3.05) is 7.05 Å². The maximum Gasteiger partial charge on any atom is 0.0647 e. The maximum atomic E-state index is 8.68. The molecular formula is C22H28N2. The van der Waals surface area contributed by atoms with E-state index in [0.29, 0.717) is 11.6 Å². The largest absolute Gasteiger partial charge is 0.300 e. The standard InChI is InChI=1S/C22H28N2/c1-6-9-18-12-13-19(15(2)14-18)22(23)16(3)20-10-7-8-11-21(20)17(4)24-5/h7-8,10-13,15,23H,3,6,9,14H2,1-2,4-5H3/b23-22?,24-17+. The predicted octanol–water partition coefficient (Wildman–Crippen LogP) is 5.85. The summed E-state index contributed by atoms with van der Waals surface area (Å²) in [6, 6.07) is 8.09. The van der Waals surface area contributed by atoms with Crippen molar-refractivity contribution in [2.45, 2.75) is 40.0 Å². The van der Waals surface area contributed by atoms with E-state index < -0.39 is 0 Å². The monoisotopic (exact) mass is 320 g/mol. The third-order valence-corrected chi connectivity index (χ3v) is 4.74. The number of aliphatic imine (C=N–C) groups is 1. The van der Waals surface area contributed by atoms with Crippen LogP contribution in [0.15, 0.2) is 59.1 Å². The molecule has 1 aliphatic carbocycles. The molecule has 2 rings (SSSR count). The van der Waals surface area contributed by atoms with E-state index in [2.05, 4.69) is 37.6 Å². The molecule has 1 atom stereocenters. The van der Waals surface area contributed by atoms with Gasteiger partial charge in [0, 0.05) is 23.9 Å². The number of nitrogens with one attached hydrogen (secondary N) is 1. The summed E-state index contributed by atoms with van der Waals surface area (Å²) in [5.74, 6) is 0.369. The summed E-state index contributed by atoms with van der Waals surface area (Å²) >= 11 is 0. The molecule has 0 bridgehead atoms. The third-order valence-electron chi connectivity index (χ3n) is 4.74. The molecule has 0 fully saturated rings. The second-order valence-corrected chi connectivity index (χ2v) is 6.51. The number of benzene rings is 1. The number of allylic oxidation sites excluding steroid dienone is 5. The summed E-state index contributed by atoms with van der Waals surface area (Å²) < 4.78 is 0. The highest BCUT2D eigenvalue weighted by Crippen LogP contribution is 2.32. The van der Waals surface area contributed by atoms with Gasteiger partial charge < -0.3 is 0 Å². The SMILES string of the molecule is C=C(C(=N)C1=CC=C(CCC)CC1C)c1ccccc1/C(C)=N/C. The fourth-order valence-electron chi connectivity index (χ4n) is 3.27. The van der Waals surface area contributed by atoms with Gasteiger partial charge in [-0.05, 0) is 36.8 Å². The molecule has 0 aromatic heterocycles. The van der Waals surface area contributed by atoms with Crippen molar-refractivity contribution >= 4 is 17.0 Å². The first-order valence-electron chi connectivity index (χ1n) is 8.70. The molecular weight excluding hydrogens is 292 g/mol. The van der Waals surface area contributed by atoms with Crippen molar-refractivity contribution in [1.29, 1.82) is 5.41 Å². The van der Waals surface area contributed by atoms with Crippen LogP contribution in [0.25, 0.3) is 5.57 Å². The average Bonchev–Trinajstić information content (AvgIpc) is 2.60. The second-order valence-electron chi connectivity index (χ2n) is 6.51. The third kappa shape index (κ3) is 3.81. The zero-order valence-corrected chi connectivity index (χ0v) is 15.3. The van der Waals surface area contributed by atoms with Crippen LogP contribution >= 0.6 is 0 Å². The molecule has 0 spiro atoms. The van der Waals surface area contributed by atoms with Crippen LogP contribution in [0.2, 0.25) is 0 Å². The first-order chi connectivity index (χ1) is 11.5. The molecule has 0 amide bonds. The van der Waals surface area contributed by atoms with Gasteiger partial charge in [-0.25, -0.2) is 0 Å². The van der Waals surface area contributed by atoms with Gasteiger partial charge in [0.15, 0.2) is 0 Å². The Morgan fingerprint density at radius 1 is 1.25 bits per heavy atom. The lowest BCUT2D eigenvalue weighted by Gasteiger charge is -2.24. The van der Waals surface area contributed by atoms with E-state index in [0.717, 1.165) is 40.8 Å². The van der Waals surface area contributed by atoms with E-state index in [9.17, 15) is 0 Å². The lowest BCUT2D eigenvalue weighted by Crippen LogP contribution is -2.15. The zero-order valence-electron chi connectivity index (χ0n) is 15.3. The van der Waals surface area contributed by atoms with Gasteiger partial charge in [-0.1, -0.05) is 68.8 Å². The van der Waals surface area contributed by atoms with Crippen molar-refractivity contribution in [2.24, 2.45) is 10.9 Å². The molecule has 0 aliphatic heterocycles. The molecule has 1 aromatic carbocycles. The van der Waals surface area contributed by atoms with Crippen LogP contribution in [0.1, 0.15) is 51.2 Å². The lowest BCUT2D eigenvalue weighted by molar-refractivity contribution is 0.657. The van der Waals surface area contributed by atoms with E-state index >= 15 is 0 Å². The van der Waals surface area contributed by atoms with E-state index in [1.54, 1.807) is 7.05 Å². The van der Waals surface area contributed by atoms with Gasteiger partial charge >= 0.3 is 0 Å². The van der Waals surface area contributed by atoms with Crippen molar-refractivity contribution in [3.05, 3.63) is 65.3 Å². The highest BCUT2D eigenvalue weighted by molar-refractivity contribution is 6.31. The van der Waals surface area contributed by atoms with Crippen LogP contribution in [0.5, 0.6) is 0 Å². The smallest absolute Gasteiger partial charge is 0.0647 e. The molecule has 1 aliphatic rings. The van der Waals surface area contributed by atoms with Crippen molar-refractivity contribution in [1.82, 2.24) is 0 Å². The van der Waals surface area contributed by atoms with Gasteiger partial charge in [0.25, 0.3) is 0 Å². The number of hydrogen-bond acceptors (Lipinski definition) is 2. The maximum absolute atomic E-state index is 8.68. The molecule has 2 heteroatoms. The van der Waals surface area contributed by atoms with Crippen molar-refractivity contribution < 1.29 is 0 Å². The lowest BCUT2D eigenvalue weighted by atomic mass is 9.81. The van der Waals surface area contributed by atoms with Gasteiger partial charge in [-0.15, -0.1) is 0 Å². The summed E-state index contributed by atoms with van der Waals surface area (Å²) in [4.78, 5) is 4.30. The van der Waals surface area contributed by atoms with Crippen LogP contribution in [-0.4, -0.2) is 18.5 Å². The minimum absolute atomic E-state index is 0.369. The first kappa shape index (κ1) is 18.1. The van der Waals surface area contributed by atoms with E-state index in [-0.39, 0.29) is 0 Å². The van der Waals surface area contributed by atoms with Gasteiger partial charge in [-0.3, -0.25) is 10.4 Å². The van der Waals surface area contributed by atoms with E-state index in [1.807, 2.05) is 31.2 Å². The summed E-state index contributed by atoms with van der Waals surface area (Å²) in [5.41, 5.74) is 6.92. The van der Waals surface area contributed by atoms with Gasteiger partial charge in [-0.2, -0.15) is 0 Å². The normalized spacial score (nSPS) is 18.0. The number of nitrogens with zero attached hydrogens (tertiary/aromatic N) is 1. The molecule has 0 saturated carbocycles.